The number of allylic oxidation sites excluding steroid dienone is 1. The molecule has 33 heavy (non-hydrogen) atoms. The SMILES string of the molecule is C=CCNC(=O)COC(=O)c1c2c(nc3ccccc13)/C(=C/c1ccc(OC)cc1)CCC2. The quantitative estimate of drug-likeness (QED) is 0.428. The van der Waals surface area contributed by atoms with Crippen molar-refractivity contribution in [1.29, 1.82) is 0 Å². The molecule has 0 radical (unpaired) electrons. The minimum atomic E-state index is -0.510. The van der Waals surface area contributed by atoms with Crippen LogP contribution in [0.5, 0.6) is 5.75 Å². The molecule has 168 valence electrons. The average molecular weight is 443 g/mol. The number of nitrogens with zero attached hydrogens (tertiary/aromatic N) is 1. The fourth-order valence-corrected chi connectivity index (χ4v) is 4.05. The number of rotatable bonds is 7. The highest BCUT2D eigenvalue weighted by molar-refractivity contribution is 6.07. The molecule has 1 N–H and O–H groups in total. The first-order chi connectivity index (χ1) is 16.1. The molecule has 3 aromatic rings. The number of aromatic nitrogens is 1. The van der Waals surface area contributed by atoms with Crippen molar-refractivity contribution in [3.05, 3.63) is 83.6 Å². The highest BCUT2D eigenvalue weighted by atomic mass is 16.5. The fraction of sp³-hybridized carbons (Fsp3) is 0.222. The summed E-state index contributed by atoms with van der Waals surface area (Å²) in [4.78, 5) is 30.0. The van der Waals surface area contributed by atoms with Gasteiger partial charge in [-0.3, -0.25) is 4.79 Å². The summed E-state index contributed by atoms with van der Waals surface area (Å²) in [5.74, 6) is -0.0765. The maximum atomic E-state index is 13.2. The molecule has 6 nitrogen and oxygen atoms in total. The Morgan fingerprint density at radius 2 is 1.91 bits per heavy atom. The van der Waals surface area contributed by atoms with Crippen molar-refractivity contribution in [2.45, 2.75) is 19.3 Å². The zero-order chi connectivity index (χ0) is 23.2. The molecule has 1 amide bonds. The zero-order valence-electron chi connectivity index (χ0n) is 18.6. The molecule has 0 fully saturated rings. The smallest absolute Gasteiger partial charge is 0.339 e. The van der Waals surface area contributed by atoms with Gasteiger partial charge in [0, 0.05) is 11.9 Å². The summed E-state index contributed by atoms with van der Waals surface area (Å²) in [5.41, 5.74) is 5.02. The zero-order valence-corrected chi connectivity index (χ0v) is 18.6. The van der Waals surface area contributed by atoms with E-state index in [2.05, 4.69) is 18.0 Å². The Kier molecular flexibility index (Phi) is 6.83. The summed E-state index contributed by atoms with van der Waals surface area (Å²) in [7, 11) is 1.64. The normalized spacial score (nSPS) is 13.9. The van der Waals surface area contributed by atoms with E-state index in [9.17, 15) is 9.59 Å². The van der Waals surface area contributed by atoms with Crippen LogP contribution in [0.1, 0.15) is 40.0 Å². The van der Waals surface area contributed by atoms with Gasteiger partial charge < -0.3 is 14.8 Å². The van der Waals surface area contributed by atoms with Crippen LogP contribution in [-0.2, 0) is 16.0 Å². The largest absolute Gasteiger partial charge is 0.497 e. The Morgan fingerprint density at radius 1 is 1.12 bits per heavy atom. The van der Waals surface area contributed by atoms with Gasteiger partial charge in [-0.1, -0.05) is 36.4 Å². The third kappa shape index (κ3) is 4.95. The van der Waals surface area contributed by atoms with Crippen molar-refractivity contribution in [2.75, 3.05) is 20.3 Å². The lowest BCUT2D eigenvalue weighted by Gasteiger charge is -2.22. The van der Waals surface area contributed by atoms with Crippen molar-refractivity contribution in [3.8, 4) is 5.75 Å². The number of benzene rings is 2. The molecule has 0 bridgehead atoms. The van der Waals surface area contributed by atoms with Gasteiger partial charge in [-0.05, 0) is 60.2 Å². The van der Waals surface area contributed by atoms with Gasteiger partial charge in [0.25, 0.3) is 5.91 Å². The monoisotopic (exact) mass is 442 g/mol. The van der Waals surface area contributed by atoms with E-state index in [1.165, 1.54) is 0 Å². The number of carbonyl (C=O) groups excluding carboxylic acids is 2. The number of hydrogen-bond donors (Lipinski definition) is 1. The number of pyridine rings is 1. The van der Waals surface area contributed by atoms with Gasteiger partial charge in [-0.15, -0.1) is 6.58 Å². The highest BCUT2D eigenvalue weighted by Gasteiger charge is 2.26. The lowest BCUT2D eigenvalue weighted by Crippen LogP contribution is -2.29. The molecule has 1 aromatic heterocycles. The lowest BCUT2D eigenvalue weighted by atomic mass is 9.86. The standard InChI is InChI=1S/C27H26N2O4/c1-3-15-28-24(30)17-33-27(31)25-21-8-4-5-10-23(21)29-26-19(7-6-9-22(25)26)16-18-11-13-20(32-2)14-12-18/h3-5,8,10-14,16H,1,6-7,9,15,17H2,2H3,(H,28,30)/b19-16+. The number of hydrogen-bond acceptors (Lipinski definition) is 5. The fourth-order valence-electron chi connectivity index (χ4n) is 4.05. The second-order valence-electron chi connectivity index (χ2n) is 7.80. The predicted molar refractivity (Wildman–Crippen MR) is 129 cm³/mol. The van der Waals surface area contributed by atoms with Crippen molar-refractivity contribution in [2.24, 2.45) is 0 Å². The number of fused-ring (bicyclic) bond motifs is 2. The Labute approximate surface area is 192 Å². The van der Waals surface area contributed by atoms with Crippen molar-refractivity contribution >= 4 is 34.4 Å². The number of para-hydroxylation sites is 1. The van der Waals surface area contributed by atoms with E-state index < -0.39 is 5.97 Å². The number of esters is 1. The molecule has 0 saturated heterocycles. The molecule has 1 aliphatic rings. The van der Waals surface area contributed by atoms with Crippen molar-refractivity contribution in [1.82, 2.24) is 10.3 Å². The van der Waals surface area contributed by atoms with Crippen LogP contribution >= 0.6 is 0 Å². The van der Waals surface area contributed by atoms with Crippen LogP contribution in [-0.4, -0.2) is 37.1 Å². The summed E-state index contributed by atoms with van der Waals surface area (Å²) in [5, 5.41) is 3.35. The molecule has 0 saturated carbocycles. The summed E-state index contributed by atoms with van der Waals surface area (Å²) in [6.07, 6.45) is 6.17. The van der Waals surface area contributed by atoms with Gasteiger partial charge >= 0.3 is 5.97 Å². The van der Waals surface area contributed by atoms with Gasteiger partial charge in [-0.25, -0.2) is 9.78 Å². The van der Waals surface area contributed by atoms with Gasteiger partial charge in [0.1, 0.15) is 5.75 Å². The van der Waals surface area contributed by atoms with Crippen LogP contribution in [0.2, 0.25) is 0 Å². The summed E-state index contributed by atoms with van der Waals surface area (Å²) in [6, 6.07) is 15.4. The summed E-state index contributed by atoms with van der Waals surface area (Å²) < 4.78 is 10.6. The molecule has 6 heteroatoms. The Balaban J connectivity index is 1.73. The first kappa shape index (κ1) is 22.3. The predicted octanol–water partition coefficient (Wildman–Crippen LogP) is 4.58. The number of methoxy groups -OCH3 is 1. The second-order valence-corrected chi connectivity index (χ2v) is 7.80. The van der Waals surface area contributed by atoms with Crippen LogP contribution in [0.25, 0.3) is 22.6 Å². The van der Waals surface area contributed by atoms with Gasteiger partial charge in [-0.2, -0.15) is 0 Å². The van der Waals surface area contributed by atoms with Gasteiger partial charge in [0.05, 0.1) is 23.9 Å². The Bertz CT molecular complexity index is 1230. The third-order valence-electron chi connectivity index (χ3n) is 5.61. The molecule has 0 aliphatic heterocycles. The number of nitrogens with one attached hydrogen (secondary N) is 1. The topological polar surface area (TPSA) is 77.5 Å². The first-order valence-electron chi connectivity index (χ1n) is 10.9. The summed E-state index contributed by atoms with van der Waals surface area (Å²) in [6.45, 7) is 3.54. The molecular weight excluding hydrogens is 416 g/mol. The Hall–Kier alpha value is -3.93. The van der Waals surface area contributed by atoms with E-state index >= 15 is 0 Å². The van der Waals surface area contributed by atoms with Crippen LogP contribution in [0.3, 0.4) is 0 Å². The summed E-state index contributed by atoms with van der Waals surface area (Å²) >= 11 is 0. The number of amides is 1. The minimum Gasteiger partial charge on any atom is -0.497 e. The van der Waals surface area contributed by atoms with E-state index in [0.29, 0.717) is 12.1 Å². The van der Waals surface area contributed by atoms with Crippen LogP contribution < -0.4 is 10.1 Å². The molecule has 1 heterocycles. The lowest BCUT2D eigenvalue weighted by molar-refractivity contribution is -0.124. The van der Waals surface area contributed by atoms with Crippen molar-refractivity contribution in [3.63, 3.8) is 0 Å². The van der Waals surface area contributed by atoms with Crippen LogP contribution in [0.4, 0.5) is 0 Å². The second kappa shape index (κ2) is 10.1. The molecule has 0 spiro atoms. The van der Waals surface area contributed by atoms with E-state index in [-0.39, 0.29) is 12.5 Å². The van der Waals surface area contributed by atoms with E-state index in [1.54, 1.807) is 13.2 Å². The third-order valence-corrected chi connectivity index (χ3v) is 5.61. The van der Waals surface area contributed by atoms with Gasteiger partial charge in [0.15, 0.2) is 6.61 Å². The molecule has 4 rings (SSSR count). The highest BCUT2D eigenvalue weighted by Crippen LogP contribution is 2.36. The first-order valence-corrected chi connectivity index (χ1v) is 10.9. The Morgan fingerprint density at radius 3 is 2.67 bits per heavy atom. The molecule has 1 aliphatic carbocycles. The van der Waals surface area contributed by atoms with Crippen LogP contribution in [0.15, 0.2) is 61.2 Å². The molecule has 2 aromatic carbocycles. The maximum Gasteiger partial charge on any atom is 0.339 e. The molecule has 0 unspecified atom stereocenters. The van der Waals surface area contributed by atoms with E-state index in [1.807, 2.05) is 48.5 Å². The van der Waals surface area contributed by atoms with Crippen molar-refractivity contribution < 1.29 is 19.1 Å². The van der Waals surface area contributed by atoms with Gasteiger partial charge in [0.2, 0.25) is 0 Å². The minimum absolute atomic E-state index is 0.323. The average Bonchev–Trinajstić information content (AvgIpc) is 2.85. The van der Waals surface area contributed by atoms with Crippen LogP contribution in [0, 0.1) is 0 Å². The van der Waals surface area contributed by atoms with E-state index in [0.717, 1.165) is 58.3 Å². The maximum absolute atomic E-state index is 13.2. The number of carbonyl (C=O) groups is 2. The molecule has 0 atom stereocenters. The van der Waals surface area contributed by atoms with E-state index in [4.69, 9.17) is 14.5 Å². The number of ether oxygens (including phenoxy) is 2. The molecular formula is C27H26N2O4.